The molecule has 2 heteroatoms. The molecule has 0 heterocycles. The molecular formula is C16H27NO. The van der Waals surface area contributed by atoms with Crippen molar-refractivity contribution in [2.75, 3.05) is 13.2 Å². The zero-order chi connectivity index (χ0) is 13.8. The number of aliphatic hydroxyl groups excluding tert-OH is 1. The van der Waals surface area contributed by atoms with Crippen LogP contribution in [0.1, 0.15) is 38.8 Å². The third-order valence-electron chi connectivity index (χ3n) is 3.64. The van der Waals surface area contributed by atoms with Crippen LogP contribution in [-0.4, -0.2) is 24.3 Å². The monoisotopic (exact) mass is 249 g/mol. The topological polar surface area (TPSA) is 32.3 Å². The predicted molar refractivity (Wildman–Crippen MR) is 77.9 cm³/mol. The largest absolute Gasteiger partial charge is 0.395 e. The van der Waals surface area contributed by atoms with Gasteiger partial charge in [0, 0.05) is 18.0 Å². The summed E-state index contributed by atoms with van der Waals surface area (Å²) in [7, 11) is 0. The second-order valence-electron chi connectivity index (χ2n) is 6.16. The molecule has 0 aromatic heterocycles. The van der Waals surface area contributed by atoms with Crippen molar-refractivity contribution in [1.82, 2.24) is 5.32 Å². The molecule has 0 aliphatic heterocycles. The van der Waals surface area contributed by atoms with Crippen molar-refractivity contribution in [3.63, 3.8) is 0 Å². The minimum absolute atomic E-state index is 0.0794. The van der Waals surface area contributed by atoms with Crippen molar-refractivity contribution >= 4 is 0 Å². The lowest BCUT2D eigenvalue weighted by Gasteiger charge is -2.30. The van der Waals surface area contributed by atoms with Gasteiger partial charge in [-0.25, -0.2) is 0 Å². The lowest BCUT2D eigenvalue weighted by Crippen LogP contribution is -2.43. The average molecular weight is 249 g/mol. The molecule has 2 nitrogen and oxygen atoms in total. The number of aliphatic hydroxyl groups is 1. The summed E-state index contributed by atoms with van der Waals surface area (Å²) in [6.45, 7) is 11.9. The molecular weight excluding hydrogens is 222 g/mol. The highest BCUT2D eigenvalue weighted by atomic mass is 16.3. The van der Waals surface area contributed by atoms with Gasteiger partial charge in [0.1, 0.15) is 0 Å². The summed E-state index contributed by atoms with van der Waals surface area (Å²) < 4.78 is 0. The number of aryl methyl sites for hydroxylation is 1. The summed E-state index contributed by atoms with van der Waals surface area (Å²) in [4.78, 5) is 0. The van der Waals surface area contributed by atoms with E-state index < -0.39 is 0 Å². The molecule has 102 valence electrons. The van der Waals surface area contributed by atoms with E-state index in [9.17, 15) is 5.11 Å². The first-order chi connectivity index (χ1) is 8.36. The molecule has 1 aromatic rings. The minimum Gasteiger partial charge on any atom is -0.395 e. The van der Waals surface area contributed by atoms with Gasteiger partial charge in [-0.05, 0) is 18.4 Å². The third kappa shape index (κ3) is 4.11. The fourth-order valence-electron chi connectivity index (χ4n) is 2.00. The van der Waals surface area contributed by atoms with Crippen molar-refractivity contribution in [2.45, 2.75) is 46.1 Å². The Morgan fingerprint density at radius 1 is 1.17 bits per heavy atom. The molecule has 0 saturated heterocycles. The molecule has 0 spiro atoms. The van der Waals surface area contributed by atoms with E-state index in [0.29, 0.717) is 5.92 Å². The van der Waals surface area contributed by atoms with E-state index in [1.54, 1.807) is 0 Å². The Kier molecular flexibility index (Phi) is 5.36. The summed E-state index contributed by atoms with van der Waals surface area (Å²) in [5, 5.41) is 12.8. The first-order valence-electron chi connectivity index (χ1n) is 6.78. The summed E-state index contributed by atoms with van der Waals surface area (Å²) in [6.07, 6.45) is 0. The molecule has 18 heavy (non-hydrogen) atoms. The number of hydrogen-bond donors (Lipinski definition) is 2. The van der Waals surface area contributed by atoms with Crippen LogP contribution < -0.4 is 5.32 Å². The molecule has 2 N–H and O–H groups in total. The van der Waals surface area contributed by atoms with Gasteiger partial charge in [-0.1, -0.05) is 57.5 Å². The second kappa shape index (κ2) is 6.35. The molecule has 0 aliphatic rings. The first kappa shape index (κ1) is 15.2. The number of rotatable bonds is 6. The third-order valence-corrected chi connectivity index (χ3v) is 3.64. The Bertz CT molecular complexity index is 354. The highest BCUT2D eigenvalue weighted by Gasteiger charge is 2.22. The lowest BCUT2D eigenvalue weighted by molar-refractivity contribution is 0.204. The maximum atomic E-state index is 9.34. The fourth-order valence-corrected chi connectivity index (χ4v) is 2.00. The minimum atomic E-state index is 0.0794. The Balaban J connectivity index is 2.66. The van der Waals surface area contributed by atoms with E-state index >= 15 is 0 Å². The van der Waals surface area contributed by atoms with Crippen LogP contribution >= 0.6 is 0 Å². The fraction of sp³-hybridized carbons (Fsp3) is 0.625. The maximum absolute atomic E-state index is 9.34. The van der Waals surface area contributed by atoms with Gasteiger partial charge in [0.25, 0.3) is 0 Å². The predicted octanol–water partition coefficient (Wildman–Crippen LogP) is 2.88. The Morgan fingerprint density at radius 2 is 1.72 bits per heavy atom. The second-order valence-corrected chi connectivity index (χ2v) is 6.16. The van der Waals surface area contributed by atoms with Crippen molar-refractivity contribution in [1.29, 1.82) is 0 Å². The zero-order valence-electron chi connectivity index (χ0n) is 12.3. The molecule has 0 radical (unpaired) electrons. The number of hydrogen-bond acceptors (Lipinski definition) is 2. The summed E-state index contributed by atoms with van der Waals surface area (Å²) >= 11 is 0. The molecule has 1 aromatic carbocycles. The van der Waals surface area contributed by atoms with Gasteiger partial charge in [0.2, 0.25) is 0 Å². The van der Waals surface area contributed by atoms with Crippen LogP contribution in [0.4, 0.5) is 0 Å². The van der Waals surface area contributed by atoms with Crippen LogP contribution in [0.2, 0.25) is 0 Å². The van der Waals surface area contributed by atoms with E-state index in [1.807, 2.05) is 0 Å². The standard InChI is InChI=1S/C16H27NO/c1-12(2)15(10-18)17-11-16(4,5)14-8-6-13(3)7-9-14/h6-9,12,15,17-18H,10-11H2,1-5H3. The Labute approximate surface area is 111 Å². The van der Waals surface area contributed by atoms with Crippen LogP contribution in [0.15, 0.2) is 24.3 Å². The summed E-state index contributed by atoms with van der Waals surface area (Å²) in [5.41, 5.74) is 2.70. The first-order valence-corrected chi connectivity index (χ1v) is 6.78. The van der Waals surface area contributed by atoms with Crippen LogP contribution in [0.5, 0.6) is 0 Å². The van der Waals surface area contributed by atoms with Crippen molar-refractivity contribution < 1.29 is 5.11 Å². The maximum Gasteiger partial charge on any atom is 0.0587 e. The van der Waals surface area contributed by atoms with Crippen LogP contribution in [0, 0.1) is 12.8 Å². The van der Waals surface area contributed by atoms with E-state index in [1.165, 1.54) is 11.1 Å². The zero-order valence-corrected chi connectivity index (χ0v) is 12.3. The van der Waals surface area contributed by atoms with Crippen LogP contribution in [-0.2, 0) is 5.41 Å². The van der Waals surface area contributed by atoms with Gasteiger partial charge in [-0.15, -0.1) is 0 Å². The average Bonchev–Trinajstić information content (AvgIpc) is 2.29. The van der Waals surface area contributed by atoms with Gasteiger partial charge in [-0.2, -0.15) is 0 Å². The van der Waals surface area contributed by atoms with Crippen molar-refractivity contribution in [3.05, 3.63) is 35.4 Å². The molecule has 1 rings (SSSR count). The van der Waals surface area contributed by atoms with Crippen LogP contribution in [0.3, 0.4) is 0 Å². The normalized spacial score (nSPS) is 13.9. The number of nitrogens with one attached hydrogen (secondary N) is 1. The Hall–Kier alpha value is -0.860. The van der Waals surface area contributed by atoms with E-state index in [2.05, 4.69) is 64.2 Å². The van der Waals surface area contributed by atoms with Gasteiger partial charge in [0.05, 0.1) is 6.61 Å². The smallest absolute Gasteiger partial charge is 0.0587 e. The molecule has 1 unspecified atom stereocenters. The molecule has 1 atom stereocenters. The molecule has 0 aliphatic carbocycles. The highest BCUT2D eigenvalue weighted by molar-refractivity contribution is 5.27. The number of benzene rings is 1. The van der Waals surface area contributed by atoms with E-state index in [-0.39, 0.29) is 18.1 Å². The van der Waals surface area contributed by atoms with Gasteiger partial charge >= 0.3 is 0 Å². The molecule has 0 saturated carbocycles. The molecule has 0 fully saturated rings. The van der Waals surface area contributed by atoms with Crippen LogP contribution in [0.25, 0.3) is 0 Å². The van der Waals surface area contributed by atoms with Crippen molar-refractivity contribution in [3.8, 4) is 0 Å². The van der Waals surface area contributed by atoms with E-state index in [4.69, 9.17) is 0 Å². The Morgan fingerprint density at radius 3 is 2.17 bits per heavy atom. The van der Waals surface area contributed by atoms with Crippen molar-refractivity contribution in [2.24, 2.45) is 5.92 Å². The molecule has 0 amide bonds. The quantitative estimate of drug-likeness (QED) is 0.812. The SMILES string of the molecule is Cc1ccc(C(C)(C)CNC(CO)C(C)C)cc1. The summed E-state index contributed by atoms with van der Waals surface area (Å²) in [6, 6.07) is 8.88. The van der Waals surface area contributed by atoms with Gasteiger partial charge in [-0.3, -0.25) is 0 Å². The van der Waals surface area contributed by atoms with Gasteiger partial charge < -0.3 is 10.4 Å². The molecule has 0 bridgehead atoms. The lowest BCUT2D eigenvalue weighted by atomic mass is 9.84. The van der Waals surface area contributed by atoms with E-state index in [0.717, 1.165) is 6.54 Å². The van der Waals surface area contributed by atoms with Gasteiger partial charge in [0.15, 0.2) is 0 Å². The highest BCUT2D eigenvalue weighted by Crippen LogP contribution is 2.23. The summed E-state index contributed by atoms with van der Waals surface area (Å²) in [5.74, 6) is 0.448.